The van der Waals surface area contributed by atoms with Gasteiger partial charge in [0.2, 0.25) is 5.91 Å². The highest BCUT2D eigenvalue weighted by atomic mass is 32.2. The van der Waals surface area contributed by atoms with Gasteiger partial charge in [0.05, 0.1) is 11.3 Å². The molecule has 2 aromatic carbocycles. The first-order valence-corrected chi connectivity index (χ1v) is 11.5. The van der Waals surface area contributed by atoms with Crippen molar-refractivity contribution < 1.29 is 9.59 Å². The maximum absolute atomic E-state index is 12.7. The van der Waals surface area contributed by atoms with E-state index in [4.69, 9.17) is 0 Å². The van der Waals surface area contributed by atoms with Gasteiger partial charge in [0, 0.05) is 17.6 Å². The molecule has 2 amide bonds. The highest BCUT2D eigenvalue weighted by molar-refractivity contribution is 7.99. The van der Waals surface area contributed by atoms with Crippen LogP contribution < -0.4 is 10.6 Å². The van der Waals surface area contributed by atoms with Crippen LogP contribution in [0.2, 0.25) is 0 Å². The summed E-state index contributed by atoms with van der Waals surface area (Å²) in [5.41, 5.74) is 6.94. The van der Waals surface area contributed by atoms with Crippen LogP contribution in [0, 0.1) is 27.7 Å². The van der Waals surface area contributed by atoms with Gasteiger partial charge >= 0.3 is 0 Å². The molecule has 0 spiro atoms. The molecule has 4 aromatic rings. The van der Waals surface area contributed by atoms with E-state index in [9.17, 15) is 9.59 Å². The van der Waals surface area contributed by atoms with Crippen molar-refractivity contribution >= 4 is 40.6 Å². The molecule has 0 saturated carbocycles. The first-order chi connectivity index (χ1) is 15.8. The maximum atomic E-state index is 12.7. The zero-order valence-corrected chi connectivity index (χ0v) is 19.8. The number of anilines is 2. The average molecular weight is 460 g/mol. The van der Waals surface area contributed by atoms with E-state index in [-0.39, 0.29) is 17.6 Å². The normalized spacial score (nSPS) is 10.9. The molecule has 0 bridgehead atoms. The molecule has 0 fully saturated rings. The second-order valence-electron chi connectivity index (χ2n) is 8.06. The molecule has 33 heavy (non-hydrogen) atoms. The number of carbonyl (C=O) groups is 2. The lowest BCUT2D eigenvalue weighted by atomic mass is 10.1. The molecule has 0 atom stereocenters. The summed E-state index contributed by atoms with van der Waals surface area (Å²) in [6.07, 6.45) is 1.69. The Balaban J connectivity index is 1.46. The van der Waals surface area contributed by atoms with Gasteiger partial charge in [-0.05, 0) is 68.7 Å². The molecule has 2 N–H and O–H groups in total. The van der Waals surface area contributed by atoms with Crippen LogP contribution in [0.5, 0.6) is 0 Å². The van der Waals surface area contributed by atoms with E-state index in [1.807, 2.05) is 64.1 Å². The highest BCUT2D eigenvalue weighted by Crippen LogP contribution is 2.23. The van der Waals surface area contributed by atoms with Crippen molar-refractivity contribution in [3.63, 3.8) is 0 Å². The molecule has 0 radical (unpaired) electrons. The van der Waals surface area contributed by atoms with Crippen molar-refractivity contribution in [3.05, 3.63) is 82.5 Å². The Kier molecular flexibility index (Phi) is 6.46. The minimum Gasteiger partial charge on any atom is -0.325 e. The number of amides is 2. The zero-order chi connectivity index (χ0) is 23.5. The summed E-state index contributed by atoms with van der Waals surface area (Å²) in [5, 5.41) is 14.8. The van der Waals surface area contributed by atoms with Crippen LogP contribution in [-0.4, -0.2) is 32.2 Å². The van der Waals surface area contributed by atoms with E-state index in [2.05, 4.69) is 20.8 Å². The Morgan fingerprint density at radius 2 is 1.67 bits per heavy atom. The van der Waals surface area contributed by atoms with Crippen molar-refractivity contribution in [3.8, 4) is 0 Å². The van der Waals surface area contributed by atoms with Crippen molar-refractivity contribution in [1.82, 2.24) is 14.6 Å². The van der Waals surface area contributed by atoms with Gasteiger partial charge in [-0.25, -0.2) is 0 Å². The van der Waals surface area contributed by atoms with Gasteiger partial charge in [0.1, 0.15) is 0 Å². The Bertz CT molecular complexity index is 1340. The first-order valence-electron chi connectivity index (χ1n) is 10.5. The fourth-order valence-corrected chi connectivity index (χ4v) is 4.43. The van der Waals surface area contributed by atoms with E-state index in [1.54, 1.807) is 22.7 Å². The van der Waals surface area contributed by atoms with Crippen LogP contribution in [0.1, 0.15) is 32.6 Å². The Morgan fingerprint density at radius 1 is 0.909 bits per heavy atom. The van der Waals surface area contributed by atoms with Crippen LogP contribution in [0.4, 0.5) is 11.4 Å². The van der Waals surface area contributed by atoms with Crippen molar-refractivity contribution in [2.45, 2.75) is 32.9 Å². The standard InChI is InChI=1S/C25H25N5O2S/c1-15-6-5-7-20(12-15)26-24(32)19-8-9-21-28-29-25(30(21)13-19)33-14-22(31)27-23-17(3)10-16(2)11-18(23)4/h5-13H,14H2,1-4H3,(H,26,32)(H,27,31). The van der Waals surface area contributed by atoms with Gasteiger partial charge in [0.15, 0.2) is 10.8 Å². The maximum Gasteiger partial charge on any atom is 0.257 e. The smallest absolute Gasteiger partial charge is 0.257 e. The Labute approximate surface area is 196 Å². The third-order valence-corrected chi connectivity index (χ3v) is 6.13. The average Bonchev–Trinajstić information content (AvgIpc) is 3.17. The van der Waals surface area contributed by atoms with E-state index in [1.165, 1.54) is 11.8 Å². The molecule has 7 nitrogen and oxygen atoms in total. The molecule has 8 heteroatoms. The van der Waals surface area contributed by atoms with Crippen LogP contribution in [-0.2, 0) is 4.79 Å². The Morgan fingerprint density at radius 3 is 2.39 bits per heavy atom. The Hall–Kier alpha value is -3.65. The second kappa shape index (κ2) is 9.46. The minimum atomic E-state index is -0.227. The topological polar surface area (TPSA) is 88.4 Å². The molecule has 168 valence electrons. The lowest BCUT2D eigenvalue weighted by Gasteiger charge is -2.12. The minimum absolute atomic E-state index is 0.125. The lowest BCUT2D eigenvalue weighted by molar-refractivity contribution is -0.113. The summed E-state index contributed by atoms with van der Waals surface area (Å²) in [6.45, 7) is 7.98. The number of carbonyl (C=O) groups excluding carboxylic acids is 2. The summed E-state index contributed by atoms with van der Waals surface area (Å²) < 4.78 is 1.73. The van der Waals surface area contributed by atoms with Gasteiger partial charge in [-0.15, -0.1) is 10.2 Å². The second-order valence-corrected chi connectivity index (χ2v) is 9.01. The number of rotatable bonds is 6. The molecular weight excluding hydrogens is 434 g/mol. The molecule has 4 rings (SSSR count). The van der Waals surface area contributed by atoms with Crippen molar-refractivity contribution in [2.24, 2.45) is 0 Å². The predicted octanol–water partition coefficient (Wildman–Crippen LogP) is 4.95. The van der Waals surface area contributed by atoms with E-state index in [0.717, 1.165) is 33.6 Å². The molecular formula is C25H25N5O2S. The predicted molar refractivity (Wildman–Crippen MR) is 132 cm³/mol. The number of aromatic nitrogens is 3. The number of aryl methyl sites for hydroxylation is 4. The fraction of sp³-hybridized carbons (Fsp3) is 0.200. The monoisotopic (exact) mass is 459 g/mol. The number of pyridine rings is 1. The number of thioether (sulfide) groups is 1. The molecule has 0 aliphatic carbocycles. The SMILES string of the molecule is Cc1cccc(NC(=O)c2ccc3nnc(SCC(=O)Nc4c(C)cc(C)cc4C)n3c2)c1. The van der Waals surface area contributed by atoms with E-state index in [0.29, 0.717) is 16.4 Å². The molecule has 2 aromatic heterocycles. The van der Waals surface area contributed by atoms with Gasteiger partial charge in [-0.1, -0.05) is 41.6 Å². The number of hydrogen-bond acceptors (Lipinski definition) is 5. The van der Waals surface area contributed by atoms with E-state index >= 15 is 0 Å². The van der Waals surface area contributed by atoms with E-state index < -0.39 is 0 Å². The number of hydrogen-bond donors (Lipinski definition) is 2. The molecule has 2 heterocycles. The van der Waals surface area contributed by atoms with Gasteiger partial charge in [-0.2, -0.15) is 0 Å². The quantitative estimate of drug-likeness (QED) is 0.399. The zero-order valence-electron chi connectivity index (χ0n) is 19.0. The summed E-state index contributed by atoms with van der Waals surface area (Å²) >= 11 is 1.27. The summed E-state index contributed by atoms with van der Waals surface area (Å²) in [4.78, 5) is 25.3. The lowest BCUT2D eigenvalue weighted by Crippen LogP contribution is -2.16. The summed E-state index contributed by atoms with van der Waals surface area (Å²) in [6, 6.07) is 15.2. The number of benzene rings is 2. The molecule has 0 aliphatic heterocycles. The summed E-state index contributed by atoms with van der Waals surface area (Å²) in [5.74, 6) is -0.178. The van der Waals surface area contributed by atoms with Crippen LogP contribution in [0.3, 0.4) is 0 Å². The van der Waals surface area contributed by atoms with Crippen LogP contribution in [0.25, 0.3) is 5.65 Å². The van der Waals surface area contributed by atoms with Gasteiger partial charge in [-0.3, -0.25) is 14.0 Å². The molecule has 0 aliphatic rings. The number of nitrogens with zero attached hydrogens (tertiary/aromatic N) is 3. The number of nitrogens with one attached hydrogen (secondary N) is 2. The highest BCUT2D eigenvalue weighted by Gasteiger charge is 2.14. The number of fused-ring (bicyclic) bond motifs is 1. The van der Waals surface area contributed by atoms with Crippen molar-refractivity contribution in [2.75, 3.05) is 16.4 Å². The molecule has 0 unspecified atom stereocenters. The molecule has 0 saturated heterocycles. The van der Waals surface area contributed by atoms with Gasteiger partial charge < -0.3 is 10.6 Å². The largest absolute Gasteiger partial charge is 0.325 e. The third-order valence-electron chi connectivity index (χ3n) is 5.18. The van der Waals surface area contributed by atoms with Crippen LogP contribution >= 0.6 is 11.8 Å². The first kappa shape index (κ1) is 22.5. The van der Waals surface area contributed by atoms with Crippen molar-refractivity contribution in [1.29, 1.82) is 0 Å². The fourth-order valence-electron chi connectivity index (χ4n) is 3.71. The van der Waals surface area contributed by atoms with Crippen LogP contribution in [0.15, 0.2) is 59.9 Å². The summed E-state index contributed by atoms with van der Waals surface area (Å²) in [7, 11) is 0. The third kappa shape index (κ3) is 5.23. The van der Waals surface area contributed by atoms with Gasteiger partial charge in [0.25, 0.3) is 5.91 Å².